The topological polar surface area (TPSA) is 17.3 Å². The zero-order valence-corrected chi connectivity index (χ0v) is 11.9. The fraction of sp³-hybridized carbons (Fsp3) is 0.667. The molecule has 0 saturated carbocycles. The first kappa shape index (κ1) is 11.0. The van der Waals surface area contributed by atoms with Gasteiger partial charge in [-0.1, -0.05) is 19.8 Å². The standard InChI is InChI=1S/C15H20N2S/c1-2-4-10-7-8-11-13(9-10)17-12-5-3-6-14(12)18-15(17)16-11/h10H,2-9H2,1H3. The predicted octanol–water partition coefficient (Wildman–Crippen LogP) is 3.79. The fourth-order valence-corrected chi connectivity index (χ4v) is 5.00. The molecule has 2 aliphatic rings. The molecular weight excluding hydrogens is 240 g/mol. The van der Waals surface area contributed by atoms with Gasteiger partial charge in [0.25, 0.3) is 0 Å². The summed E-state index contributed by atoms with van der Waals surface area (Å²) in [5.41, 5.74) is 4.57. The lowest BCUT2D eigenvalue weighted by Gasteiger charge is -2.21. The molecule has 2 aliphatic carbocycles. The Morgan fingerprint density at radius 2 is 2.22 bits per heavy atom. The van der Waals surface area contributed by atoms with Gasteiger partial charge in [0, 0.05) is 16.3 Å². The van der Waals surface area contributed by atoms with Crippen molar-refractivity contribution < 1.29 is 0 Å². The van der Waals surface area contributed by atoms with Crippen LogP contribution in [0.1, 0.15) is 54.6 Å². The second-order valence-electron chi connectivity index (χ2n) is 5.85. The molecule has 1 atom stereocenters. The summed E-state index contributed by atoms with van der Waals surface area (Å²) in [5, 5.41) is 0. The lowest BCUT2D eigenvalue weighted by atomic mass is 9.86. The van der Waals surface area contributed by atoms with Gasteiger partial charge in [-0.25, -0.2) is 4.98 Å². The van der Waals surface area contributed by atoms with Crippen molar-refractivity contribution in [2.45, 2.75) is 58.3 Å². The number of thiazole rings is 1. The van der Waals surface area contributed by atoms with Crippen LogP contribution < -0.4 is 0 Å². The van der Waals surface area contributed by atoms with Crippen LogP contribution in [-0.2, 0) is 25.7 Å². The van der Waals surface area contributed by atoms with Gasteiger partial charge in [-0.2, -0.15) is 0 Å². The highest BCUT2D eigenvalue weighted by Crippen LogP contribution is 2.36. The maximum atomic E-state index is 4.89. The first-order chi connectivity index (χ1) is 8.86. The summed E-state index contributed by atoms with van der Waals surface area (Å²) in [6.07, 6.45) is 10.5. The molecule has 18 heavy (non-hydrogen) atoms. The quantitative estimate of drug-likeness (QED) is 0.803. The number of fused-ring (bicyclic) bond motifs is 5. The Morgan fingerprint density at radius 1 is 1.28 bits per heavy atom. The third-order valence-electron chi connectivity index (χ3n) is 4.62. The molecule has 2 aromatic heterocycles. The van der Waals surface area contributed by atoms with E-state index >= 15 is 0 Å². The molecule has 0 aliphatic heterocycles. The maximum absolute atomic E-state index is 4.89. The number of hydrogen-bond donors (Lipinski definition) is 0. The van der Waals surface area contributed by atoms with E-state index in [1.165, 1.54) is 62.0 Å². The minimum Gasteiger partial charge on any atom is -0.291 e. The molecule has 0 amide bonds. The minimum atomic E-state index is 0.902. The van der Waals surface area contributed by atoms with Gasteiger partial charge < -0.3 is 0 Å². The van der Waals surface area contributed by atoms with Crippen molar-refractivity contribution in [2.24, 2.45) is 5.92 Å². The Balaban J connectivity index is 1.81. The van der Waals surface area contributed by atoms with Crippen LogP contribution in [-0.4, -0.2) is 9.38 Å². The largest absolute Gasteiger partial charge is 0.291 e. The lowest BCUT2D eigenvalue weighted by molar-refractivity contribution is 0.414. The Bertz CT molecular complexity index is 593. The van der Waals surface area contributed by atoms with E-state index in [1.54, 1.807) is 16.3 Å². The van der Waals surface area contributed by atoms with Crippen molar-refractivity contribution in [1.29, 1.82) is 0 Å². The van der Waals surface area contributed by atoms with E-state index < -0.39 is 0 Å². The summed E-state index contributed by atoms with van der Waals surface area (Å²) < 4.78 is 2.53. The molecule has 0 saturated heterocycles. The summed E-state index contributed by atoms with van der Waals surface area (Å²) in [6.45, 7) is 2.31. The number of imidazole rings is 1. The van der Waals surface area contributed by atoms with Gasteiger partial charge >= 0.3 is 0 Å². The van der Waals surface area contributed by atoms with Crippen molar-refractivity contribution in [3.8, 4) is 0 Å². The van der Waals surface area contributed by atoms with Gasteiger partial charge in [0.1, 0.15) is 0 Å². The molecule has 2 aromatic rings. The Labute approximate surface area is 112 Å². The van der Waals surface area contributed by atoms with Crippen molar-refractivity contribution in [1.82, 2.24) is 9.38 Å². The van der Waals surface area contributed by atoms with E-state index in [1.807, 2.05) is 11.3 Å². The molecule has 0 radical (unpaired) electrons. The second kappa shape index (κ2) is 4.09. The molecule has 0 bridgehead atoms. The van der Waals surface area contributed by atoms with Gasteiger partial charge in [-0.15, -0.1) is 11.3 Å². The zero-order valence-electron chi connectivity index (χ0n) is 11.0. The van der Waals surface area contributed by atoms with Crippen molar-refractivity contribution >= 4 is 16.3 Å². The van der Waals surface area contributed by atoms with Crippen molar-refractivity contribution in [2.75, 3.05) is 0 Å². The monoisotopic (exact) mass is 260 g/mol. The molecule has 96 valence electrons. The average Bonchev–Trinajstić information content (AvgIpc) is 2.98. The van der Waals surface area contributed by atoms with E-state index in [4.69, 9.17) is 4.98 Å². The van der Waals surface area contributed by atoms with E-state index in [2.05, 4.69) is 11.3 Å². The predicted molar refractivity (Wildman–Crippen MR) is 75.5 cm³/mol. The van der Waals surface area contributed by atoms with Crippen LogP contribution in [0.5, 0.6) is 0 Å². The molecule has 0 N–H and O–H groups in total. The Kier molecular flexibility index (Phi) is 2.51. The first-order valence-corrected chi connectivity index (χ1v) is 8.19. The summed E-state index contributed by atoms with van der Waals surface area (Å²) in [7, 11) is 0. The molecule has 0 spiro atoms. The van der Waals surface area contributed by atoms with Crippen LogP contribution in [0, 0.1) is 5.92 Å². The summed E-state index contributed by atoms with van der Waals surface area (Å²) in [5.74, 6) is 0.902. The summed E-state index contributed by atoms with van der Waals surface area (Å²) >= 11 is 1.95. The molecule has 3 heteroatoms. The normalized spacial score (nSPS) is 22.4. The number of hydrogen-bond acceptors (Lipinski definition) is 2. The average molecular weight is 260 g/mol. The molecule has 0 fully saturated rings. The maximum Gasteiger partial charge on any atom is 0.194 e. The fourth-order valence-electron chi connectivity index (χ4n) is 3.76. The molecule has 0 aromatic carbocycles. The Hall–Kier alpha value is -0.830. The summed E-state index contributed by atoms with van der Waals surface area (Å²) in [6, 6.07) is 0. The number of nitrogens with zero attached hydrogens (tertiary/aromatic N) is 2. The van der Waals surface area contributed by atoms with Crippen LogP contribution in [0.25, 0.3) is 4.96 Å². The highest BCUT2D eigenvalue weighted by Gasteiger charge is 2.27. The Morgan fingerprint density at radius 3 is 3.11 bits per heavy atom. The van der Waals surface area contributed by atoms with E-state index in [-0.39, 0.29) is 0 Å². The van der Waals surface area contributed by atoms with Crippen LogP contribution in [0.2, 0.25) is 0 Å². The van der Waals surface area contributed by atoms with Crippen LogP contribution in [0.4, 0.5) is 0 Å². The van der Waals surface area contributed by atoms with Gasteiger partial charge in [-0.3, -0.25) is 4.40 Å². The third kappa shape index (κ3) is 1.49. The van der Waals surface area contributed by atoms with Crippen LogP contribution in [0.3, 0.4) is 0 Å². The van der Waals surface area contributed by atoms with Gasteiger partial charge in [-0.05, 0) is 44.4 Å². The highest BCUT2D eigenvalue weighted by molar-refractivity contribution is 7.17. The number of rotatable bonds is 2. The smallest absolute Gasteiger partial charge is 0.194 e. The minimum absolute atomic E-state index is 0.902. The van der Waals surface area contributed by atoms with Crippen LogP contribution in [0.15, 0.2) is 0 Å². The van der Waals surface area contributed by atoms with Crippen molar-refractivity contribution in [3.05, 3.63) is 22.0 Å². The van der Waals surface area contributed by atoms with Crippen LogP contribution >= 0.6 is 11.3 Å². The highest BCUT2D eigenvalue weighted by atomic mass is 32.1. The number of aromatic nitrogens is 2. The van der Waals surface area contributed by atoms with Crippen molar-refractivity contribution in [3.63, 3.8) is 0 Å². The summed E-state index contributed by atoms with van der Waals surface area (Å²) in [4.78, 5) is 7.78. The lowest BCUT2D eigenvalue weighted by Crippen LogP contribution is -2.15. The van der Waals surface area contributed by atoms with Gasteiger partial charge in [0.15, 0.2) is 4.96 Å². The van der Waals surface area contributed by atoms with E-state index in [9.17, 15) is 0 Å². The van der Waals surface area contributed by atoms with E-state index in [0.717, 1.165) is 5.92 Å². The van der Waals surface area contributed by atoms with Gasteiger partial charge in [0.05, 0.1) is 5.69 Å². The molecule has 4 rings (SSSR count). The molecule has 1 unspecified atom stereocenters. The second-order valence-corrected chi connectivity index (χ2v) is 6.91. The molecule has 2 nitrogen and oxygen atoms in total. The van der Waals surface area contributed by atoms with E-state index in [0.29, 0.717) is 0 Å². The molecule has 2 heterocycles. The first-order valence-electron chi connectivity index (χ1n) is 7.37. The zero-order chi connectivity index (χ0) is 12.1. The third-order valence-corrected chi connectivity index (χ3v) is 5.76. The SMILES string of the molecule is CCCC1CCc2nc3sc4c(n3c2C1)CCC4. The molecular formula is C15H20N2S. The van der Waals surface area contributed by atoms with Gasteiger partial charge in [0.2, 0.25) is 0 Å². The number of aryl methyl sites for hydroxylation is 3.